The lowest BCUT2D eigenvalue weighted by molar-refractivity contribution is 0.0563. The van der Waals surface area contributed by atoms with Gasteiger partial charge in [-0.05, 0) is 37.3 Å². The van der Waals surface area contributed by atoms with Crippen molar-refractivity contribution in [3.05, 3.63) is 41.9 Å². The lowest BCUT2D eigenvalue weighted by Gasteiger charge is -2.07. The van der Waals surface area contributed by atoms with Crippen molar-refractivity contribution >= 4 is 17.7 Å². The minimum Gasteiger partial charge on any atom is -0.493 e. The molecule has 0 aliphatic heterocycles. The summed E-state index contributed by atoms with van der Waals surface area (Å²) in [5.74, 6) is 1.78. The van der Waals surface area contributed by atoms with Crippen molar-refractivity contribution in [1.82, 2.24) is 10.2 Å². The Morgan fingerprint density at radius 2 is 1.81 bits per heavy atom. The number of thioether (sulfide) groups is 1. The highest BCUT2D eigenvalue weighted by Crippen LogP contribution is 2.37. The van der Waals surface area contributed by atoms with E-state index in [1.165, 1.54) is 18.9 Å². The van der Waals surface area contributed by atoms with Crippen molar-refractivity contribution in [2.45, 2.75) is 17.4 Å². The summed E-state index contributed by atoms with van der Waals surface area (Å²) in [4.78, 5) is 11.5. The number of ether oxygens (including phenoxy) is 3. The number of carbonyl (C=O) groups excluding carboxylic acids is 1. The minimum atomic E-state index is -0.521. The summed E-state index contributed by atoms with van der Waals surface area (Å²) >= 11 is 1.32. The van der Waals surface area contributed by atoms with Gasteiger partial charge >= 0.3 is 5.97 Å². The first kappa shape index (κ1) is 18.8. The Bertz CT molecular complexity index is 936. The van der Waals surface area contributed by atoms with Gasteiger partial charge in [-0.2, -0.15) is 0 Å². The van der Waals surface area contributed by atoms with E-state index in [0.29, 0.717) is 33.9 Å². The van der Waals surface area contributed by atoms with Gasteiger partial charge in [0, 0.05) is 5.56 Å². The van der Waals surface area contributed by atoms with Crippen LogP contribution in [0.25, 0.3) is 11.5 Å². The van der Waals surface area contributed by atoms with Crippen LogP contribution in [0.1, 0.15) is 28.5 Å². The molecule has 8 nitrogen and oxygen atoms in total. The molecule has 0 radical (unpaired) electrons. The Labute approximate surface area is 159 Å². The fraction of sp³-hybridized carbons (Fsp3) is 0.278. The summed E-state index contributed by atoms with van der Waals surface area (Å²) in [6, 6.07) is 8.63. The fourth-order valence-electron chi connectivity index (χ4n) is 2.33. The third kappa shape index (κ3) is 4.08. The Kier molecular flexibility index (Phi) is 5.70. The SMILES string of the molecule is COC(=O)c1ccc(C(C)Sc2nnc(-c3ccc(OC)c(OC)c3)o2)o1. The van der Waals surface area contributed by atoms with Crippen LogP contribution in [0.15, 0.2) is 44.4 Å². The van der Waals surface area contributed by atoms with E-state index in [1.54, 1.807) is 38.5 Å². The molecule has 0 fully saturated rings. The fourth-order valence-corrected chi connectivity index (χ4v) is 3.09. The summed E-state index contributed by atoms with van der Waals surface area (Å²) in [6.07, 6.45) is 0. The molecule has 3 rings (SSSR count). The number of hydrogen-bond donors (Lipinski definition) is 0. The molecule has 142 valence electrons. The summed E-state index contributed by atoms with van der Waals surface area (Å²) in [5, 5.41) is 8.37. The summed E-state index contributed by atoms with van der Waals surface area (Å²) in [6.45, 7) is 1.91. The summed E-state index contributed by atoms with van der Waals surface area (Å²) in [7, 11) is 4.43. The van der Waals surface area contributed by atoms with Gasteiger partial charge in [0.2, 0.25) is 11.7 Å². The van der Waals surface area contributed by atoms with Crippen molar-refractivity contribution in [1.29, 1.82) is 0 Å². The van der Waals surface area contributed by atoms with Gasteiger partial charge in [0.25, 0.3) is 5.22 Å². The number of hydrogen-bond acceptors (Lipinski definition) is 9. The van der Waals surface area contributed by atoms with Crippen LogP contribution in [-0.2, 0) is 4.74 Å². The van der Waals surface area contributed by atoms with Gasteiger partial charge < -0.3 is 23.0 Å². The standard InChI is InChI=1S/C18H18N2O6S/c1-10(12-7-8-14(25-12)17(21)24-4)27-18-20-19-16(26-18)11-5-6-13(22-2)15(9-11)23-3/h5-10H,1-4H3. The van der Waals surface area contributed by atoms with Gasteiger partial charge in [-0.15, -0.1) is 10.2 Å². The van der Waals surface area contributed by atoms with Gasteiger partial charge in [-0.1, -0.05) is 11.8 Å². The molecule has 1 aromatic carbocycles. The molecular formula is C18H18N2O6S. The van der Waals surface area contributed by atoms with E-state index in [4.69, 9.17) is 18.3 Å². The third-order valence-corrected chi connectivity index (χ3v) is 4.68. The molecule has 0 N–H and O–H groups in total. The number of esters is 1. The predicted molar refractivity (Wildman–Crippen MR) is 97.2 cm³/mol. The van der Waals surface area contributed by atoms with E-state index in [2.05, 4.69) is 14.9 Å². The second-order valence-corrected chi connectivity index (χ2v) is 6.69. The Morgan fingerprint density at radius 1 is 1.04 bits per heavy atom. The lowest BCUT2D eigenvalue weighted by atomic mass is 10.2. The highest BCUT2D eigenvalue weighted by molar-refractivity contribution is 7.99. The topological polar surface area (TPSA) is 96.8 Å². The smallest absolute Gasteiger partial charge is 0.373 e. The van der Waals surface area contributed by atoms with E-state index in [0.717, 1.165) is 0 Å². The molecule has 3 aromatic rings. The molecule has 0 bridgehead atoms. The van der Waals surface area contributed by atoms with Gasteiger partial charge in [0.1, 0.15) is 5.76 Å². The zero-order valence-electron chi connectivity index (χ0n) is 15.2. The first-order valence-electron chi connectivity index (χ1n) is 7.96. The van der Waals surface area contributed by atoms with Crippen LogP contribution >= 0.6 is 11.8 Å². The second-order valence-electron chi connectivity index (χ2n) is 5.40. The quantitative estimate of drug-likeness (QED) is 0.438. The first-order chi connectivity index (χ1) is 13.0. The molecule has 0 amide bonds. The zero-order chi connectivity index (χ0) is 19.4. The largest absolute Gasteiger partial charge is 0.493 e. The number of furan rings is 1. The van der Waals surface area contributed by atoms with E-state index >= 15 is 0 Å². The number of nitrogens with zero attached hydrogens (tertiary/aromatic N) is 2. The van der Waals surface area contributed by atoms with E-state index < -0.39 is 5.97 Å². The number of rotatable bonds is 7. The minimum absolute atomic E-state index is 0.137. The molecule has 0 spiro atoms. The molecule has 1 unspecified atom stereocenters. The predicted octanol–water partition coefficient (Wildman–Crippen LogP) is 3.99. The number of benzene rings is 1. The molecule has 0 saturated carbocycles. The van der Waals surface area contributed by atoms with Gasteiger partial charge in [0.05, 0.1) is 26.6 Å². The zero-order valence-corrected chi connectivity index (χ0v) is 16.0. The van der Waals surface area contributed by atoms with Crippen molar-refractivity contribution in [3.8, 4) is 23.0 Å². The average molecular weight is 390 g/mol. The van der Waals surface area contributed by atoms with Crippen LogP contribution in [0, 0.1) is 0 Å². The van der Waals surface area contributed by atoms with Crippen molar-refractivity contribution in [3.63, 3.8) is 0 Å². The van der Waals surface area contributed by atoms with Crippen molar-refractivity contribution in [2.75, 3.05) is 21.3 Å². The third-order valence-electron chi connectivity index (χ3n) is 3.73. The summed E-state index contributed by atoms with van der Waals surface area (Å²) in [5.41, 5.74) is 0.714. The Hall–Kier alpha value is -2.94. The van der Waals surface area contributed by atoms with Crippen LogP contribution in [0.3, 0.4) is 0 Å². The molecule has 0 aliphatic carbocycles. The first-order valence-corrected chi connectivity index (χ1v) is 8.84. The average Bonchev–Trinajstić information content (AvgIpc) is 3.36. The lowest BCUT2D eigenvalue weighted by Crippen LogP contribution is -1.98. The Balaban J connectivity index is 1.74. The monoisotopic (exact) mass is 390 g/mol. The molecule has 0 saturated heterocycles. The van der Waals surface area contributed by atoms with Crippen molar-refractivity contribution in [2.24, 2.45) is 0 Å². The molecule has 27 heavy (non-hydrogen) atoms. The van der Waals surface area contributed by atoms with Crippen LogP contribution in [-0.4, -0.2) is 37.5 Å². The van der Waals surface area contributed by atoms with Crippen LogP contribution in [0.2, 0.25) is 0 Å². The number of methoxy groups -OCH3 is 3. The van der Waals surface area contributed by atoms with E-state index in [1.807, 2.05) is 13.0 Å². The van der Waals surface area contributed by atoms with Gasteiger partial charge in [0.15, 0.2) is 11.5 Å². The van der Waals surface area contributed by atoms with Crippen LogP contribution in [0.5, 0.6) is 11.5 Å². The maximum Gasteiger partial charge on any atom is 0.373 e. The van der Waals surface area contributed by atoms with E-state index in [9.17, 15) is 4.79 Å². The molecular weight excluding hydrogens is 372 g/mol. The summed E-state index contributed by atoms with van der Waals surface area (Å²) < 4.78 is 26.4. The van der Waals surface area contributed by atoms with E-state index in [-0.39, 0.29) is 11.0 Å². The number of aromatic nitrogens is 2. The van der Waals surface area contributed by atoms with Crippen LogP contribution in [0.4, 0.5) is 0 Å². The molecule has 9 heteroatoms. The van der Waals surface area contributed by atoms with Gasteiger partial charge in [-0.3, -0.25) is 0 Å². The molecule has 2 heterocycles. The maximum absolute atomic E-state index is 11.5. The molecule has 0 aliphatic rings. The Morgan fingerprint density at radius 3 is 2.52 bits per heavy atom. The number of carbonyl (C=O) groups is 1. The van der Waals surface area contributed by atoms with Crippen molar-refractivity contribution < 1.29 is 27.8 Å². The molecule has 2 aromatic heterocycles. The highest BCUT2D eigenvalue weighted by atomic mass is 32.2. The van der Waals surface area contributed by atoms with Gasteiger partial charge in [-0.25, -0.2) is 4.79 Å². The normalized spacial score (nSPS) is 11.9. The maximum atomic E-state index is 11.5. The van der Waals surface area contributed by atoms with Crippen LogP contribution < -0.4 is 9.47 Å². The molecule has 1 atom stereocenters. The highest BCUT2D eigenvalue weighted by Gasteiger charge is 2.19. The second kappa shape index (κ2) is 8.17.